The van der Waals surface area contributed by atoms with Gasteiger partial charge in [0.2, 0.25) is 0 Å². The Kier molecular flexibility index (Phi) is 4.05. The molecule has 0 spiro atoms. The van der Waals surface area contributed by atoms with E-state index in [0.717, 1.165) is 16.3 Å². The largest absolute Gasteiger partial charge is 0.412 e. The minimum Gasteiger partial charge on any atom is -0.412 e. The average molecular weight is 343 g/mol. The van der Waals surface area contributed by atoms with Gasteiger partial charge in [-0.25, -0.2) is 10.1 Å². The van der Waals surface area contributed by atoms with Gasteiger partial charge in [0.1, 0.15) is 17.6 Å². The zero-order valence-corrected chi connectivity index (χ0v) is 13.3. The molecule has 2 heterocycles. The van der Waals surface area contributed by atoms with Gasteiger partial charge in [-0.3, -0.25) is 10.0 Å². The van der Waals surface area contributed by atoms with Crippen LogP contribution in [0.15, 0.2) is 60.4 Å². The van der Waals surface area contributed by atoms with Gasteiger partial charge in [0, 0.05) is 0 Å². The summed E-state index contributed by atoms with van der Waals surface area (Å²) < 4.78 is 0. The van der Waals surface area contributed by atoms with Crippen molar-refractivity contribution in [2.75, 3.05) is 15.0 Å². The zero-order valence-electron chi connectivity index (χ0n) is 13.3. The molecule has 1 saturated heterocycles. The molecule has 0 amide bonds. The van der Waals surface area contributed by atoms with Gasteiger partial charge >= 0.3 is 0 Å². The van der Waals surface area contributed by atoms with E-state index in [2.05, 4.69) is 5.53 Å². The fourth-order valence-corrected chi connectivity index (χ4v) is 2.87. The maximum absolute atomic E-state index is 11.4. The average Bonchev–Trinajstić information content (AvgIpc) is 2.92. The first-order valence-electron chi connectivity index (χ1n) is 7.41. The molecule has 9 nitrogen and oxygen atoms in total. The minimum atomic E-state index is -1.05. The summed E-state index contributed by atoms with van der Waals surface area (Å²) in [6, 6.07) is 14.6. The quantitative estimate of drug-likeness (QED) is 0.619. The number of anilines is 3. The number of aryl methyl sites for hydroxylation is 1. The first-order chi connectivity index (χ1) is 11.6. The molecule has 9 heteroatoms. The Morgan fingerprint density at radius 3 is 2.40 bits per heavy atom. The lowest BCUT2D eigenvalue weighted by Crippen LogP contribution is -2.42. The summed E-state index contributed by atoms with van der Waals surface area (Å²) in [5, 5.41) is 25.6. The Hall–Kier alpha value is -3.14. The van der Waals surface area contributed by atoms with E-state index >= 15 is 0 Å². The molecule has 1 atom stereocenters. The van der Waals surface area contributed by atoms with Crippen LogP contribution in [0.1, 0.15) is 5.56 Å². The molecule has 0 bridgehead atoms. The predicted molar refractivity (Wildman–Crippen MR) is 92.9 cm³/mol. The molecule has 0 radical (unpaired) electrons. The smallest absolute Gasteiger partial charge is 0.187 e. The van der Waals surface area contributed by atoms with Gasteiger partial charge in [0.25, 0.3) is 0 Å². The van der Waals surface area contributed by atoms with Gasteiger partial charge in [-0.1, -0.05) is 34.8 Å². The van der Waals surface area contributed by atoms with Gasteiger partial charge in [-0.2, -0.15) is 0 Å². The van der Waals surface area contributed by atoms with Crippen molar-refractivity contribution in [1.29, 1.82) is 0 Å². The highest BCUT2D eigenvalue weighted by Gasteiger charge is 2.41. The monoisotopic (exact) mass is 343 g/mol. The Morgan fingerprint density at radius 2 is 1.76 bits per heavy atom. The van der Waals surface area contributed by atoms with Crippen LogP contribution in [0.4, 0.5) is 17.1 Å². The van der Waals surface area contributed by atoms with Gasteiger partial charge in [0.05, 0.1) is 11.4 Å². The summed E-state index contributed by atoms with van der Waals surface area (Å²) in [5.74, 6) is 0. The Bertz CT molecular complexity index is 839. The number of hydrogen-bond acceptors (Lipinski definition) is 6. The lowest BCUT2D eigenvalue weighted by molar-refractivity contribution is -0.485. The summed E-state index contributed by atoms with van der Waals surface area (Å²) in [5.41, 5.74) is 6.36. The van der Waals surface area contributed by atoms with Crippen molar-refractivity contribution in [3.63, 3.8) is 0 Å². The Morgan fingerprint density at radius 1 is 1.12 bits per heavy atom. The fourth-order valence-electron chi connectivity index (χ4n) is 2.87. The number of rotatable bonds is 2. The standard InChI is InChI=1S/C16H15N5O3.H2O/c1-11-6-8-12(9-7-11)19-16(22)15-10-18(21(23)24)13-4-2-3-5-14(13)20(15)17-19;/h2-10,16-17,22H,1H3;1H2. The molecular weight excluding hydrogens is 326 g/mol. The van der Waals surface area contributed by atoms with Crippen LogP contribution >= 0.6 is 0 Å². The van der Waals surface area contributed by atoms with Crippen molar-refractivity contribution >= 4 is 17.1 Å². The fraction of sp³-hybridized carbons (Fsp3) is 0.125. The van der Waals surface area contributed by atoms with E-state index in [1.807, 2.05) is 31.2 Å². The molecule has 2 aromatic carbocycles. The third-order valence-corrected chi connectivity index (χ3v) is 4.09. The highest BCUT2D eigenvalue weighted by molar-refractivity contribution is 5.77. The molecule has 2 aromatic rings. The molecule has 4 rings (SSSR count). The van der Waals surface area contributed by atoms with Gasteiger partial charge in [-0.05, 0) is 31.2 Å². The van der Waals surface area contributed by atoms with Crippen LogP contribution in [-0.4, -0.2) is 21.8 Å². The van der Waals surface area contributed by atoms with E-state index < -0.39 is 11.3 Å². The third-order valence-electron chi connectivity index (χ3n) is 4.09. The highest BCUT2D eigenvalue weighted by atomic mass is 16.7. The Balaban J connectivity index is 0.00000182. The summed E-state index contributed by atoms with van der Waals surface area (Å²) in [6.07, 6.45) is 0.275. The number of aliphatic hydroxyl groups excluding tert-OH is 1. The molecule has 0 aliphatic carbocycles. The Labute approximate surface area is 143 Å². The number of para-hydroxylation sites is 2. The number of fused-ring (bicyclic) bond motifs is 3. The van der Waals surface area contributed by atoms with Crippen LogP contribution < -0.4 is 20.6 Å². The molecule has 130 valence electrons. The van der Waals surface area contributed by atoms with Crippen LogP contribution in [0.5, 0.6) is 0 Å². The topological polar surface area (TPSA) is 117 Å². The van der Waals surface area contributed by atoms with Gasteiger partial charge in [0.15, 0.2) is 11.3 Å². The summed E-state index contributed by atoms with van der Waals surface area (Å²) in [7, 11) is 0. The molecule has 2 aliphatic heterocycles. The number of hydrogen-bond donors (Lipinski definition) is 2. The SMILES string of the molecule is Cc1ccc(N2NN3C(=CN([N+](=O)[O-])c4ccccc43)C2O)cc1.O. The molecule has 4 N–H and O–H groups in total. The van der Waals surface area contributed by atoms with Crippen molar-refractivity contribution in [1.82, 2.24) is 5.53 Å². The van der Waals surface area contributed by atoms with Crippen molar-refractivity contribution in [2.24, 2.45) is 0 Å². The number of nitro groups is 1. The van der Waals surface area contributed by atoms with E-state index in [4.69, 9.17) is 0 Å². The molecule has 1 fully saturated rings. The third kappa shape index (κ3) is 2.56. The maximum Gasteiger partial charge on any atom is 0.187 e. The van der Waals surface area contributed by atoms with Crippen LogP contribution in [0.2, 0.25) is 0 Å². The van der Waals surface area contributed by atoms with Gasteiger partial charge in [-0.15, -0.1) is 5.53 Å². The second-order valence-corrected chi connectivity index (χ2v) is 5.64. The molecule has 0 saturated carbocycles. The van der Waals surface area contributed by atoms with Crippen LogP contribution in [0, 0.1) is 17.0 Å². The number of hydrazine groups is 3. The summed E-state index contributed by atoms with van der Waals surface area (Å²) >= 11 is 0. The number of aliphatic hydroxyl groups is 1. The first kappa shape index (κ1) is 16.7. The van der Waals surface area contributed by atoms with E-state index in [9.17, 15) is 15.2 Å². The second kappa shape index (κ2) is 6.06. The van der Waals surface area contributed by atoms with Crippen molar-refractivity contribution in [3.05, 3.63) is 76.1 Å². The van der Waals surface area contributed by atoms with E-state index in [0.29, 0.717) is 17.1 Å². The predicted octanol–water partition coefficient (Wildman–Crippen LogP) is 1.09. The first-order valence-corrected chi connectivity index (χ1v) is 7.41. The maximum atomic E-state index is 11.4. The van der Waals surface area contributed by atoms with E-state index in [1.165, 1.54) is 6.20 Å². The number of benzene rings is 2. The molecule has 0 aromatic heterocycles. The zero-order chi connectivity index (χ0) is 16.8. The second-order valence-electron chi connectivity index (χ2n) is 5.64. The summed E-state index contributed by atoms with van der Waals surface area (Å²) in [6.45, 7) is 1.98. The molecule has 25 heavy (non-hydrogen) atoms. The summed E-state index contributed by atoms with van der Waals surface area (Å²) in [4.78, 5) is 11.4. The minimum absolute atomic E-state index is 0. The van der Waals surface area contributed by atoms with Gasteiger partial charge < -0.3 is 10.6 Å². The molecule has 1 unspecified atom stereocenters. The van der Waals surface area contributed by atoms with Crippen molar-refractivity contribution in [2.45, 2.75) is 13.2 Å². The number of nitrogens with zero attached hydrogens (tertiary/aromatic N) is 4. The van der Waals surface area contributed by atoms with Crippen LogP contribution in [0.25, 0.3) is 0 Å². The van der Waals surface area contributed by atoms with Crippen molar-refractivity contribution < 1.29 is 15.6 Å². The van der Waals surface area contributed by atoms with E-state index in [-0.39, 0.29) is 5.48 Å². The van der Waals surface area contributed by atoms with Crippen LogP contribution in [0.3, 0.4) is 0 Å². The van der Waals surface area contributed by atoms with E-state index in [1.54, 1.807) is 34.3 Å². The number of nitrogens with one attached hydrogen (secondary N) is 1. The highest BCUT2D eigenvalue weighted by Crippen LogP contribution is 2.39. The van der Waals surface area contributed by atoms with Crippen molar-refractivity contribution in [3.8, 4) is 0 Å². The molecular formula is C16H17N5O4. The molecule has 2 aliphatic rings. The van der Waals surface area contributed by atoms with Crippen LogP contribution in [-0.2, 0) is 0 Å². The normalized spacial score (nSPS) is 18.2. The lowest BCUT2D eigenvalue weighted by Gasteiger charge is -2.27. The lowest BCUT2D eigenvalue weighted by atomic mass is 10.2.